The number of aromatic nitrogens is 1. The molecule has 0 spiro atoms. The van der Waals surface area contributed by atoms with E-state index in [0.717, 1.165) is 6.42 Å². The van der Waals surface area contributed by atoms with Crippen LogP contribution in [0.5, 0.6) is 0 Å². The van der Waals surface area contributed by atoms with Gasteiger partial charge in [-0.25, -0.2) is 0 Å². The van der Waals surface area contributed by atoms with Gasteiger partial charge in [0, 0.05) is 37.2 Å². The summed E-state index contributed by atoms with van der Waals surface area (Å²) in [6, 6.07) is 11.0. The van der Waals surface area contributed by atoms with E-state index in [1.54, 1.807) is 48.6 Å². The normalized spacial score (nSPS) is 10.2. The Balaban J connectivity index is 1.96. The maximum absolute atomic E-state index is 12.2. The molecule has 2 N–H and O–H groups in total. The van der Waals surface area contributed by atoms with Crippen LogP contribution in [0.15, 0.2) is 48.8 Å². The number of benzene rings is 1. The number of nitrogens with zero attached hydrogens (tertiary/aromatic N) is 2. The largest absolute Gasteiger partial charge is 0.399 e. The molecule has 0 radical (unpaired) electrons. The van der Waals surface area contributed by atoms with E-state index in [0.29, 0.717) is 17.8 Å². The molecule has 0 aliphatic heterocycles. The molecular weight excluding hydrogens is 238 g/mol. The average Bonchev–Trinajstić information content (AvgIpc) is 2.45. The Morgan fingerprint density at radius 1 is 1.26 bits per heavy atom. The number of carbonyl (C=O) groups excluding carboxylic acids is 1. The number of likely N-dealkylation sites (N-methyl/N-ethyl adjacent to an activating group) is 1. The lowest BCUT2D eigenvalue weighted by molar-refractivity contribution is 0.0796. The lowest BCUT2D eigenvalue weighted by atomic mass is 10.1. The van der Waals surface area contributed by atoms with Gasteiger partial charge < -0.3 is 10.6 Å². The third-order valence-corrected chi connectivity index (χ3v) is 2.97. The summed E-state index contributed by atoms with van der Waals surface area (Å²) >= 11 is 0. The van der Waals surface area contributed by atoms with Crippen molar-refractivity contribution in [3.8, 4) is 0 Å². The van der Waals surface area contributed by atoms with Crippen molar-refractivity contribution < 1.29 is 4.79 Å². The fourth-order valence-corrected chi connectivity index (χ4v) is 1.84. The van der Waals surface area contributed by atoms with E-state index in [9.17, 15) is 4.79 Å². The van der Waals surface area contributed by atoms with Crippen molar-refractivity contribution in [3.63, 3.8) is 0 Å². The van der Waals surface area contributed by atoms with Crippen molar-refractivity contribution in [2.24, 2.45) is 0 Å². The first-order valence-electron chi connectivity index (χ1n) is 6.17. The van der Waals surface area contributed by atoms with Crippen LogP contribution >= 0.6 is 0 Å². The lowest BCUT2D eigenvalue weighted by Gasteiger charge is -2.17. The average molecular weight is 255 g/mol. The number of nitrogens with two attached hydrogens (primary N) is 1. The summed E-state index contributed by atoms with van der Waals surface area (Å²) < 4.78 is 0. The van der Waals surface area contributed by atoms with Crippen molar-refractivity contribution in [1.29, 1.82) is 0 Å². The van der Waals surface area contributed by atoms with E-state index in [-0.39, 0.29) is 5.91 Å². The van der Waals surface area contributed by atoms with Crippen LogP contribution in [-0.4, -0.2) is 29.4 Å². The topological polar surface area (TPSA) is 59.2 Å². The van der Waals surface area contributed by atoms with Crippen LogP contribution in [0.25, 0.3) is 0 Å². The number of nitrogen functional groups attached to an aromatic ring is 1. The van der Waals surface area contributed by atoms with E-state index in [2.05, 4.69) is 4.98 Å². The molecular formula is C15H17N3O. The van der Waals surface area contributed by atoms with E-state index >= 15 is 0 Å². The molecule has 0 aliphatic rings. The minimum absolute atomic E-state index is 0.0126. The van der Waals surface area contributed by atoms with Crippen molar-refractivity contribution in [2.45, 2.75) is 6.42 Å². The third-order valence-electron chi connectivity index (χ3n) is 2.97. The van der Waals surface area contributed by atoms with Gasteiger partial charge >= 0.3 is 0 Å². The maximum Gasteiger partial charge on any atom is 0.253 e. The minimum atomic E-state index is -0.0126. The molecule has 2 rings (SSSR count). The fraction of sp³-hybridized carbons (Fsp3) is 0.200. The molecule has 0 saturated heterocycles. The molecule has 2 aromatic rings. The predicted molar refractivity (Wildman–Crippen MR) is 75.8 cm³/mol. The molecule has 0 saturated carbocycles. The molecule has 4 heteroatoms. The zero-order valence-electron chi connectivity index (χ0n) is 10.9. The smallest absolute Gasteiger partial charge is 0.253 e. The standard InChI is InChI=1S/C15H17N3O/c1-18(10-7-12-5-8-17-9-6-12)15(19)13-3-2-4-14(16)11-13/h2-6,8-9,11H,7,10,16H2,1H3. The number of hydrogen-bond acceptors (Lipinski definition) is 3. The number of amides is 1. The van der Waals surface area contributed by atoms with Gasteiger partial charge in [0.15, 0.2) is 0 Å². The molecule has 0 bridgehead atoms. The number of hydrogen-bond donors (Lipinski definition) is 1. The van der Waals surface area contributed by atoms with Crippen molar-refractivity contribution >= 4 is 11.6 Å². The van der Waals surface area contributed by atoms with Crippen LogP contribution in [0.1, 0.15) is 15.9 Å². The van der Waals surface area contributed by atoms with Gasteiger partial charge in [-0.3, -0.25) is 9.78 Å². The summed E-state index contributed by atoms with van der Waals surface area (Å²) in [6.07, 6.45) is 4.33. The molecule has 19 heavy (non-hydrogen) atoms. The monoisotopic (exact) mass is 255 g/mol. The highest BCUT2D eigenvalue weighted by Crippen LogP contribution is 2.09. The Kier molecular flexibility index (Phi) is 4.13. The van der Waals surface area contributed by atoms with Crippen LogP contribution < -0.4 is 5.73 Å². The van der Waals surface area contributed by atoms with Crippen molar-refractivity contribution in [2.75, 3.05) is 19.3 Å². The zero-order valence-corrected chi connectivity index (χ0v) is 10.9. The number of rotatable bonds is 4. The molecule has 4 nitrogen and oxygen atoms in total. The van der Waals surface area contributed by atoms with Crippen LogP contribution in [0.2, 0.25) is 0 Å². The van der Waals surface area contributed by atoms with Crippen LogP contribution in [0.4, 0.5) is 5.69 Å². The highest BCUT2D eigenvalue weighted by Gasteiger charge is 2.11. The Morgan fingerprint density at radius 2 is 2.00 bits per heavy atom. The summed E-state index contributed by atoms with van der Waals surface area (Å²) in [5, 5.41) is 0. The second-order valence-electron chi connectivity index (χ2n) is 4.46. The molecule has 0 fully saturated rings. The van der Waals surface area contributed by atoms with Gasteiger partial charge in [0.1, 0.15) is 0 Å². The maximum atomic E-state index is 12.2. The molecule has 1 aromatic carbocycles. The highest BCUT2D eigenvalue weighted by atomic mass is 16.2. The van der Waals surface area contributed by atoms with E-state index in [1.807, 2.05) is 12.1 Å². The molecule has 0 unspecified atom stereocenters. The second-order valence-corrected chi connectivity index (χ2v) is 4.46. The summed E-state index contributed by atoms with van der Waals surface area (Å²) in [4.78, 5) is 17.9. The SMILES string of the molecule is CN(CCc1ccncc1)C(=O)c1cccc(N)c1. The summed E-state index contributed by atoms with van der Waals surface area (Å²) in [5.74, 6) is -0.0126. The first kappa shape index (κ1) is 13.1. The predicted octanol–water partition coefficient (Wildman–Crippen LogP) is 1.98. The van der Waals surface area contributed by atoms with E-state index < -0.39 is 0 Å². The van der Waals surface area contributed by atoms with Gasteiger partial charge in [-0.1, -0.05) is 6.07 Å². The molecule has 1 amide bonds. The second kappa shape index (κ2) is 6.00. The van der Waals surface area contributed by atoms with Gasteiger partial charge in [-0.2, -0.15) is 0 Å². The number of pyridine rings is 1. The van der Waals surface area contributed by atoms with Gasteiger partial charge in [0.05, 0.1) is 0 Å². The minimum Gasteiger partial charge on any atom is -0.399 e. The molecule has 98 valence electrons. The van der Waals surface area contributed by atoms with Crippen LogP contribution in [0, 0.1) is 0 Å². The quantitative estimate of drug-likeness (QED) is 0.850. The number of carbonyl (C=O) groups is 1. The van der Waals surface area contributed by atoms with Gasteiger partial charge in [-0.15, -0.1) is 0 Å². The Hall–Kier alpha value is -2.36. The molecule has 0 aliphatic carbocycles. The van der Waals surface area contributed by atoms with Gasteiger partial charge in [0.25, 0.3) is 5.91 Å². The van der Waals surface area contributed by atoms with Crippen molar-refractivity contribution in [3.05, 3.63) is 59.9 Å². The Labute approximate surface area is 112 Å². The summed E-state index contributed by atoms with van der Waals surface area (Å²) in [7, 11) is 1.80. The third kappa shape index (κ3) is 3.55. The Bertz CT molecular complexity index is 554. The molecule has 1 aromatic heterocycles. The van der Waals surface area contributed by atoms with E-state index in [1.165, 1.54) is 5.56 Å². The van der Waals surface area contributed by atoms with E-state index in [4.69, 9.17) is 5.73 Å². The van der Waals surface area contributed by atoms with Crippen molar-refractivity contribution in [1.82, 2.24) is 9.88 Å². The summed E-state index contributed by atoms with van der Waals surface area (Å²) in [5.41, 5.74) is 8.08. The molecule has 0 atom stereocenters. The van der Waals surface area contributed by atoms with Gasteiger partial charge in [0.2, 0.25) is 0 Å². The lowest BCUT2D eigenvalue weighted by Crippen LogP contribution is -2.28. The molecule has 1 heterocycles. The Morgan fingerprint density at radius 3 is 2.68 bits per heavy atom. The highest BCUT2D eigenvalue weighted by molar-refractivity contribution is 5.94. The van der Waals surface area contributed by atoms with Gasteiger partial charge in [-0.05, 0) is 42.3 Å². The van der Waals surface area contributed by atoms with Crippen LogP contribution in [-0.2, 0) is 6.42 Å². The summed E-state index contributed by atoms with van der Waals surface area (Å²) in [6.45, 7) is 0.664. The first-order chi connectivity index (χ1) is 9.16. The number of anilines is 1. The zero-order chi connectivity index (χ0) is 13.7. The fourth-order valence-electron chi connectivity index (χ4n) is 1.84. The van der Waals surface area contributed by atoms with Crippen LogP contribution in [0.3, 0.4) is 0 Å². The first-order valence-corrected chi connectivity index (χ1v) is 6.17.